The van der Waals surface area contributed by atoms with E-state index in [1.54, 1.807) is 0 Å². The van der Waals surface area contributed by atoms with Gasteiger partial charge in [-0.3, -0.25) is 4.90 Å². The lowest BCUT2D eigenvalue weighted by Gasteiger charge is -2.30. The molecule has 134 valence electrons. The zero-order chi connectivity index (χ0) is 17.4. The number of ether oxygens (including phenoxy) is 2. The van der Waals surface area contributed by atoms with Crippen molar-refractivity contribution in [2.24, 2.45) is 0 Å². The topological polar surface area (TPSA) is 54.0 Å². The average molecular weight is 335 g/mol. The minimum absolute atomic E-state index is 0.299. The molecule has 1 saturated heterocycles. The number of likely N-dealkylation sites (N-methyl/N-ethyl adjacent to an activating group) is 1. The molecule has 2 rings (SSSR count). The number of carbonyl (C=O) groups is 1. The Balaban J connectivity index is 1.91. The summed E-state index contributed by atoms with van der Waals surface area (Å²) in [6.45, 7) is 10.1. The summed E-state index contributed by atoms with van der Waals surface area (Å²) in [4.78, 5) is 15.8. The molecule has 0 radical (unpaired) electrons. The average Bonchev–Trinajstić information content (AvgIpc) is 2.65. The molecule has 6 nitrogen and oxygen atoms in total. The lowest BCUT2D eigenvalue weighted by atomic mass is 10.1. The standard InChI is InChI=1S/C18H29N3O3/c1-4-20(10-9-19-18(22)23-3)15(2)16-5-7-17(8-6-16)21-11-13-24-14-12-21/h5-8,15H,4,9-14H2,1-3H3,(H,19,22). The van der Waals surface area contributed by atoms with Crippen molar-refractivity contribution in [3.63, 3.8) is 0 Å². The van der Waals surface area contributed by atoms with Gasteiger partial charge in [-0.25, -0.2) is 4.79 Å². The first-order chi connectivity index (χ1) is 11.7. The van der Waals surface area contributed by atoms with Crippen LogP contribution in [-0.4, -0.2) is 64.0 Å². The van der Waals surface area contributed by atoms with Crippen molar-refractivity contribution < 1.29 is 14.3 Å². The molecule has 1 N–H and O–H groups in total. The summed E-state index contributed by atoms with van der Waals surface area (Å²) in [5.41, 5.74) is 2.54. The van der Waals surface area contributed by atoms with E-state index in [4.69, 9.17) is 4.74 Å². The van der Waals surface area contributed by atoms with Gasteiger partial charge in [0.2, 0.25) is 0 Å². The van der Waals surface area contributed by atoms with Crippen LogP contribution in [0.5, 0.6) is 0 Å². The van der Waals surface area contributed by atoms with Crippen LogP contribution in [0.25, 0.3) is 0 Å². The normalized spacial score (nSPS) is 16.1. The third-order valence-electron chi connectivity index (χ3n) is 4.56. The van der Waals surface area contributed by atoms with Crippen molar-refractivity contribution in [3.8, 4) is 0 Å². The number of rotatable bonds is 7. The summed E-state index contributed by atoms with van der Waals surface area (Å²) in [6.07, 6.45) is -0.381. The summed E-state index contributed by atoms with van der Waals surface area (Å²) in [5, 5.41) is 2.73. The zero-order valence-electron chi connectivity index (χ0n) is 15.0. The van der Waals surface area contributed by atoms with Crippen LogP contribution in [-0.2, 0) is 9.47 Å². The van der Waals surface area contributed by atoms with Gasteiger partial charge >= 0.3 is 6.09 Å². The van der Waals surface area contributed by atoms with Crippen molar-refractivity contribution in [3.05, 3.63) is 29.8 Å². The van der Waals surface area contributed by atoms with Crippen LogP contribution < -0.4 is 10.2 Å². The van der Waals surface area contributed by atoms with Crippen LogP contribution in [0.1, 0.15) is 25.5 Å². The van der Waals surface area contributed by atoms with Gasteiger partial charge in [0.25, 0.3) is 0 Å². The van der Waals surface area contributed by atoms with Crippen LogP contribution in [0, 0.1) is 0 Å². The molecule has 1 aliphatic heterocycles. The Morgan fingerprint density at radius 1 is 1.33 bits per heavy atom. The largest absolute Gasteiger partial charge is 0.453 e. The van der Waals surface area contributed by atoms with Gasteiger partial charge in [0.15, 0.2) is 0 Å². The Morgan fingerprint density at radius 2 is 2.00 bits per heavy atom. The van der Waals surface area contributed by atoms with E-state index in [1.165, 1.54) is 18.4 Å². The number of hydrogen-bond donors (Lipinski definition) is 1. The number of methoxy groups -OCH3 is 1. The molecule has 1 aliphatic rings. The van der Waals surface area contributed by atoms with Crippen LogP contribution in [0.2, 0.25) is 0 Å². The Hall–Kier alpha value is -1.79. The second kappa shape index (κ2) is 9.49. The van der Waals surface area contributed by atoms with Gasteiger partial charge in [-0.2, -0.15) is 0 Å². The fourth-order valence-electron chi connectivity index (χ4n) is 3.00. The number of hydrogen-bond acceptors (Lipinski definition) is 5. The Kier molecular flexibility index (Phi) is 7.34. The van der Waals surface area contributed by atoms with Crippen molar-refractivity contribution in [2.45, 2.75) is 19.9 Å². The monoisotopic (exact) mass is 335 g/mol. The first-order valence-electron chi connectivity index (χ1n) is 8.64. The smallest absolute Gasteiger partial charge is 0.406 e. The lowest BCUT2D eigenvalue weighted by Crippen LogP contribution is -2.36. The maximum Gasteiger partial charge on any atom is 0.406 e. The molecule has 1 unspecified atom stereocenters. The van der Waals surface area contributed by atoms with Crippen molar-refractivity contribution in [1.82, 2.24) is 10.2 Å². The molecule has 1 aromatic rings. The van der Waals surface area contributed by atoms with E-state index in [-0.39, 0.29) is 6.09 Å². The highest BCUT2D eigenvalue weighted by atomic mass is 16.5. The number of nitrogens with zero attached hydrogens (tertiary/aromatic N) is 2. The number of alkyl carbamates (subject to hydrolysis) is 1. The maximum atomic E-state index is 11.1. The summed E-state index contributed by atoms with van der Waals surface area (Å²) in [6, 6.07) is 9.08. The van der Waals surface area contributed by atoms with E-state index < -0.39 is 0 Å². The van der Waals surface area contributed by atoms with E-state index in [0.29, 0.717) is 12.6 Å². The quantitative estimate of drug-likeness (QED) is 0.828. The SMILES string of the molecule is CCN(CCNC(=O)OC)C(C)c1ccc(N2CCOCC2)cc1. The van der Waals surface area contributed by atoms with Gasteiger partial charge in [-0.05, 0) is 31.2 Å². The molecule has 6 heteroatoms. The van der Waals surface area contributed by atoms with Crippen molar-refractivity contribution >= 4 is 11.8 Å². The molecule has 1 aromatic carbocycles. The predicted octanol–water partition coefficient (Wildman–Crippen LogP) is 2.26. The summed E-state index contributed by atoms with van der Waals surface area (Å²) < 4.78 is 10.0. The van der Waals surface area contributed by atoms with Gasteiger partial charge in [0.1, 0.15) is 0 Å². The highest BCUT2D eigenvalue weighted by Gasteiger charge is 2.16. The fourth-order valence-corrected chi connectivity index (χ4v) is 3.00. The van der Waals surface area contributed by atoms with E-state index in [9.17, 15) is 4.79 Å². The number of benzene rings is 1. The molecule has 0 aromatic heterocycles. The molecule has 1 fully saturated rings. The van der Waals surface area contributed by atoms with Crippen molar-refractivity contribution in [2.75, 3.05) is 57.9 Å². The molecule has 1 heterocycles. The Morgan fingerprint density at radius 3 is 2.58 bits per heavy atom. The minimum Gasteiger partial charge on any atom is -0.453 e. The third-order valence-corrected chi connectivity index (χ3v) is 4.56. The molecule has 0 saturated carbocycles. The van der Waals surface area contributed by atoms with Gasteiger partial charge in [-0.15, -0.1) is 0 Å². The predicted molar refractivity (Wildman–Crippen MR) is 95.5 cm³/mol. The third kappa shape index (κ3) is 5.11. The first kappa shape index (κ1) is 18.5. The van der Waals surface area contributed by atoms with Gasteiger partial charge < -0.3 is 19.7 Å². The van der Waals surface area contributed by atoms with Crippen LogP contribution in [0.4, 0.5) is 10.5 Å². The summed E-state index contributed by atoms with van der Waals surface area (Å²) >= 11 is 0. The molecule has 0 bridgehead atoms. The van der Waals surface area contributed by atoms with E-state index in [2.05, 4.69) is 58.0 Å². The van der Waals surface area contributed by atoms with Gasteiger partial charge in [0.05, 0.1) is 20.3 Å². The summed E-state index contributed by atoms with van der Waals surface area (Å²) in [5.74, 6) is 0. The van der Waals surface area contributed by atoms with Gasteiger partial charge in [0, 0.05) is 37.9 Å². The Bertz CT molecular complexity index is 501. The van der Waals surface area contributed by atoms with E-state index in [0.717, 1.165) is 39.4 Å². The van der Waals surface area contributed by atoms with Crippen LogP contribution >= 0.6 is 0 Å². The van der Waals surface area contributed by atoms with Gasteiger partial charge in [-0.1, -0.05) is 19.1 Å². The minimum atomic E-state index is -0.381. The van der Waals surface area contributed by atoms with E-state index in [1.807, 2.05) is 0 Å². The molecule has 1 atom stereocenters. The maximum absolute atomic E-state index is 11.1. The van der Waals surface area contributed by atoms with Crippen LogP contribution in [0.3, 0.4) is 0 Å². The number of nitrogens with one attached hydrogen (secondary N) is 1. The number of amides is 1. The second-order valence-electron chi connectivity index (χ2n) is 5.91. The first-order valence-corrected chi connectivity index (χ1v) is 8.64. The highest BCUT2D eigenvalue weighted by molar-refractivity contribution is 5.66. The van der Waals surface area contributed by atoms with Crippen molar-refractivity contribution in [1.29, 1.82) is 0 Å². The molecular weight excluding hydrogens is 306 g/mol. The molecule has 0 aliphatic carbocycles. The Labute approximate surface area is 144 Å². The molecule has 0 spiro atoms. The highest BCUT2D eigenvalue weighted by Crippen LogP contribution is 2.23. The second-order valence-corrected chi connectivity index (χ2v) is 5.91. The zero-order valence-corrected chi connectivity index (χ0v) is 15.0. The summed E-state index contributed by atoms with van der Waals surface area (Å²) in [7, 11) is 1.38. The fraction of sp³-hybridized carbons (Fsp3) is 0.611. The lowest BCUT2D eigenvalue weighted by molar-refractivity contribution is 0.122. The number of morpholine rings is 1. The molecule has 1 amide bonds. The molecule has 24 heavy (non-hydrogen) atoms. The molecular formula is C18H29N3O3. The van der Waals surface area contributed by atoms with E-state index >= 15 is 0 Å². The number of carbonyl (C=O) groups excluding carboxylic acids is 1. The number of anilines is 1. The van der Waals surface area contributed by atoms with Crippen LogP contribution in [0.15, 0.2) is 24.3 Å².